The molecule has 0 saturated heterocycles. The largest absolute Gasteiger partial charge is 0.486 e. The van der Waals surface area contributed by atoms with Crippen LogP contribution >= 0.6 is 0 Å². The van der Waals surface area contributed by atoms with Gasteiger partial charge in [-0.05, 0) is 36.1 Å². The van der Waals surface area contributed by atoms with E-state index >= 15 is 0 Å². The molecule has 2 rings (SSSR count). The van der Waals surface area contributed by atoms with Crippen molar-refractivity contribution in [2.75, 3.05) is 20.2 Å². The number of nitrogens with zero attached hydrogens (tertiary/aromatic N) is 1. The zero-order chi connectivity index (χ0) is 18.1. The normalized spacial score (nSPS) is 11.8. The van der Waals surface area contributed by atoms with Crippen molar-refractivity contribution >= 4 is 6.09 Å². The van der Waals surface area contributed by atoms with Crippen LogP contribution in [0.25, 0.3) is 0 Å². The quantitative estimate of drug-likeness (QED) is 0.728. The number of hydrogen-bond acceptors (Lipinski definition) is 3. The zero-order valence-electron chi connectivity index (χ0n) is 14.5. The molecular weight excluding hydrogens is 318 g/mol. The lowest BCUT2D eigenvalue weighted by atomic mass is 10.1. The van der Waals surface area contributed by atoms with Gasteiger partial charge in [-0.1, -0.05) is 42.5 Å². The number of carboxylic acid groups (broad SMARTS) is 1. The van der Waals surface area contributed by atoms with Gasteiger partial charge in [-0.25, -0.2) is 4.79 Å². The van der Waals surface area contributed by atoms with Crippen LogP contribution in [0, 0.1) is 0 Å². The van der Waals surface area contributed by atoms with Gasteiger partial charge in [0.2, 0.25) is 0 Å². The van der Waals surface area contributed by atoms with E-state index < -0.39 is 6.09 Å². The minimum atomic E-state index is -0.944. The third kappa shape index (κ3) is 6.12. The molecule has 2 N–H and O–H groups in total. The van der Waals surface area contributed by atoms with Crippen molar-refractivity contribution in [3.63, 3.8) is 0 Å². The van der Waals surface area contributed by atoms with E-state index in [1.165, 1.54) is 4.90 Å². The molecule has 25 heavy (non-hydrogen) atoms. The number of amides is 1. The summed E-state index contributed by atoms with van der Waals surface area (Å²) in [6.07, 6.45) is 0.988. The Hall–Kier alpha value is -2.53. The molecule has 2 aromatic rings. The third-order valence-corrected chi connectivity index (χ3v) is 4.05. The molecule has 1 atom stereocenters. The van der Waals surface area contributed by atoms with E-state index in [4.69, 9.17) is 14.9 Å². The van der Waals surface area contributed by atoms with Crippen molar-refractivity contribution in [1.29, 1.82) is 0 Å². The second-order valence-electron chi connectivity index (χ2n) is 5.98. The first kappa shape index (κ1) is 18.8. The molecule has 0 fully saturated rings. The van der Waals surface area contributed by atoms with Gasteiger partial charge in [0.1, 0.15) is 11.9 Å². The minimum absolute atomic E-state index is 0.186. The lowest BCUT2D eigenvalue weighted by molar-refractivity contribution is 0.140. The maximum Gasteiger partial charge on any atom is 0.407 e. The molecule has 0 aliphatic heterocycles. The number of aliphatic hydroxyl groups is 1. The molecule has 0 aliphatic rings. The van der Waals surface area contributed by atoms with Gasteiger partial charge in [0.25, 0.3) is 0 Å². The first-order valence-electron chi connectivity index (χ1n) is 8.45. The Morgan fingerprint density at radius 3 is 2.40 bits per heavy atom. The second kappa shape index (κ2) is 9.69. The van der Waals surface area contributed by atoms with Gasteiger partial charge in [-0.3, -0.25) is 0 Å². The maximum absolute atomic E-state index is 11.0. The van der Waals surface area contributed by atoms with E-state index in [9.17, 15) is 4.79 Å². The maximum atomic E-state index is 11.0. The highest BCUT2D eigenvalue weighted by Gasteiger charge is 2.16. The van der Waals surface area contributed by atoms with Crippen LogP contribution in [0.4, 0.5) is 4.79 Å². The zero-order valence-corrected chi connectivity index (χ0v) is 14.5. The Labute approximate surface area is 148 Å². The second-order valence-corrected chi connectivity index (χ2v) is 5.98. The molecule has 1 unspecified atom stereocenters. The van der Waals surface area contributed by atoms with Crippen molar-refractivity contribution < 1.29 is 19.7 Å². The van der Waals surface area contributed by atoms with E-state index in [-0.39, 0.29) is 12.7 Å². The predicted molar refractivity (Wildman–Crippen MR) is 96.9 cm³/mol. The van der Waals surface area contributed by atoms with Crippen LogP contribution in [0.2, 0.25) is 0 Å². The van der Waals surface area contributed by atoms with Gasteiger partial charge in [-0.15, -0.1) is 0 Å². The highest BCUT2D eigenvalue weighted by molar-refractivity contribution is 5.64. The Bertz CT molecular complexity index is 643. The standard InChI is InChI=1S/C20H25NO4/c1-21(20(23)24)14-13-19(17-7-3-2-4-8-17)25-18-11-9-16(10-12-18)6-5-15-22/h2-4,7-12,19,22H,5-6,13-15H2,1H3,(H,23,24). The summed E-state index contributed by atoms with van der Waals surface area (Å²) in [7, 11) is 1.56. The van der Waals surface area contributed by atoms with Crippen molar-refractivity contribution in [1.82, 2.24) is 4.90 Å². The summed E-state index contributed by atoms with van der Waals surface area (Å²) in [5.74, 6) is 0.750. The fraction of sp³-hybridized carbons (Fsp3) is 0.350. The summed E-state index contributed by atoms with van der Waals surface area (Å²) in [5, 5.41) is 17.9. The van der Waals surface area contributed by atoms with Crippen LogP contribution in [0.15, 0.2) is 54.6 Å². The van der Waals surface area contributed by atoms with Crippen LogP contribution in [0.5, 0.6) is 5.75 Å². The van der Waals surface area contributed by atoms with Crippen LogP contribution in [0.3, 0.4) is 0 Å². The molecule has 0 saturated carbocycles. The summed E-state index contributed by atoms with van der Waals surface area (Å²) in [4.78, 5) is 12.3. The van der Waals surface area contributed by atoms with E-state index in [2.05, 4.69) is 0 Å². The van der Waals surface area contributed by atoms with E-state index in [1.807, 2.05) is 54.6 Å². The van der Waals surface area contributed by atoms with E-state index in [0.717, 1.165) is 29.7 Å². The third-order valence-electron chi connectivity index (χ3n) is 4.05. The summed E-state index contributed by atoms with van der Waals surface area (Å²) < 4.78 is 6.12. The SMILES string of the molecule is CN(CCC(Oc1ccc(CCCO)cc1)c1ccccc1)C(=O)O. The van der Waals surface area contributed by atoms with E-state index in [1.54, 1.807) is 7.05 Å². The van der Waals surface area contributed by atoms with Gasteiger partial charge in [-0.2, -0.15) is 0 Å². The fourth-order valence-corrected chi connectivity index (χ4v) is 2.55. The first-order chi connectivity index (χ1) is 12.1. The molecule has 2 aromatic carbocycles. The van der Waals surface area contributed by atoms with Gasteiger partial charge < -0.3 is 19.8 Å². The number of rotatable bonds is 9. The monoisotopic (exact) mass is 343 g/mol. The molecule has 0 aromatic heterocycles. The number of aliphatic hydroxyl groups excluding tert-OH is 1. The highest BCUT2D eigenvalue weighted by Crippen LogP contribution is 2.25. The Balaban J connectivity index is 2.06. The lowest BCUT2D eigenvalue weighted by Gasteiger charge is -2.22. The van der Waals surface area contributed by atoms with Gasteiger partial charge >= 0.3 is 6.09 Å². The number of hydrogen-bond donors (Lipinski definition) is 2. The number of aryl methyl sites for hydroxylation is 1. The smallest absolute Gasteiger partial charge is 0.407 e. The lowest BCUT2D eigenvalue weighted by Crippen LogP contribution is -2.27. The minimum Gasteiger partial charge on any atom is -0.486 e. The van der Waals surface area contributed by atoms with Crippen LogP contribution in [-0.4, -0.2) is 41.4 Å². The number of ether oxygens (including phenoxy) is 1. The first-order valence-corrected chi connectivity index (χ1v) is 8.45. The number of benzene rings is 2. The fourth-order valence-electron chi connectivity index (χ4n) is 2.55. The van der Waals surface area contributed by atoms with Crippen LogP contribution in [-0.2, 0) is 6.42 Å². The van der Waals surface area contributed by atoms with Crippen LogP contribution < -0.4 is 4.74 Å². The molecule has 0 aliphatic carbocycles. The molecule has 0 heterocycles. The van der Waals surface area contributed by atoms with Crippen LogP contribution in [0.1, 0.15) is 30.1 Å². The Morgan fingerprint density at radius 2 is 1.80 bits per heavy atom. The van der Waals surface area contributed by atoms with Crippen molar-refractivity contribution in [3.8, 4) is 5.75 Å². The summed E-state index contributed by atoms with van der Waals surface area (Å²) in [6, 6.07) is 17.6. The molecule has 5 nitrogen and oxygen atoms in total. The summed E-state index contributed by atoms with van der Waals surface area (Å²) >= 11 is 0. The highest BCUT2D eigenvalue weighted by atomic mass is 16.5. The molecular formula is C20H25NO4. The molecule has 0 radical (unpaired) electrons. The average Bonchev–Trinajstić information content (AvgIpc) is 2.64. The van der Waals surface area contributed by atoms with Crippen molar-refractivity contribution in [2.24, 2.45) is 0 Å². The van der Waals surface area contributed by atoms with Gasteiger partial charge in [0, 0.05) is 26.6 Å². The Morgan fingerprint density at radius 1 is 1.12 bits per heavy atom. The van der Waals surface area contributed by atoms with E-state index in [0.29, 0.717) is 13.0 Å². The Kier molecular flexibility index (Phi) is 7.29. The summed E-state index contributed by atoms with van der Waals surface area (Å²) in [5.41, 5.74) is 2.17. The average molecular weight is 343 g/mol. The molecule has 1 amide bonds. The molecule has 0 bridgehead atoms. The molecule has 134 valence electrons. The predicted octanol–water partition coefficient (Wildman–Crippen LogP) is 3.73. The number of carbonyl (C=O) groups is 1. The van der Waals surface area contributed by atoms with Crippen molar-refractivity contribution in [2.45, 2.75) is 25.4 Å². The topological polar surface area (TPSA) is 70.0 Å². The van der Waals surface area contributed by atoms with Gasteiger partial charge in [0.15, 0.2) is 0 Å². The van der Waals surface area contributed by atoms with Crippen molar-refractivity contribution in [3.05, 3.63) is 65.7 Å². The van der Waals surface area contributed by atoms with Gasteiger partial charge in [0.05, 0.1) is 0 Å². The summed E-state index contributed by atoms with van der Waals surface area (Å²) in [6.45, 7) is 0.578. The molecule has 0 spiro atoms. The molecule has 5 heteroatoms.